The Hall–Kier alpha value is -1.89. The van der Waals surface area contributed by atoms with E-state index in [4.69, 9.17) is 4.74 Å². The van der Waals surface area contributed by atoms with Crippen LogP contribution < -0.4 is 14.8 Å². The number of para-hydroxylation sites is 1. The van der Waals surface area contributed by atoms with Gasteiger partial charge in [-0.1, -0.05) is 49.7 Å². The lowest BCUT2D eigenvalue weighted by Gasteiger charge is -2.22. The molecule has 0 bridgehead atoms. The standard InChI is InChI=1S/C19H24N2O3S/c1-2-8-19(21-25(22,23)17-10-4-3-5-11-17)20-14-16-13-15-9-6-7-12-18(15)24-16/h3-7,9-12,16,19-21H,2,8,13-14H2,1H3. The maximum atomic E-state index is 12.5. The highest BCUT2D eigenvalue weighted by molar-refractivity contribution is 7.89. The van der Waals surface area contributed by atoms with E-state index in [0.717, 1.165) is 18.6 Å². The lowest BCUT2D eigenvalue weighted by atomic mass is 10.1. The van der Waals surface area contributed by atoms with E-state index in [0.29, 0.717) is 13.0 Å². The first kappa shape index (κ1) is 17.9. The number of ether oxygens (including phenoxy) is 1. The molecule has 0 saturated heterocycles. The van der Waals surface area contributed by atoms with Crippen molar-refractivity contribution < 1.29 is 13.2 Å². The van der Waals surface area contributed by atoms with Crippen LogP contribution in [-0.4, -0.2) is 27.2 Å². The number of fused-ring (bicyclic) bond motifs is 1. The lowest BCUT2D eigenvalue weighted by molar-refractivity contribution is 0.218. The molecule has 1 aliphatic heterocycles. The lowest BCUT2D eigenvalue weighted by Crippen LogP contribution is -2.48. The van der Waals surface area contributed by atoms with Gasteiger partial charge in [-0.05, 0) is 30.2 Å². The van der Waals surface area contributed by atoms with Crippen molar-refractivity contribution in [1.82, 2.24) is 10.0 Å². The summed E-state index contributed by atoms with van der Waals surface area (Å²) in [5, 5.41) is 3.31. The van der Waals surface area contributed by atoms with E-state index in [9.17, 15) is 8.42 Å². The zero-order chi connectivity index (χ0) is 17.7. The summed E-state index contributed by atoms with van der Waals surface area (Å²) in [6, 6.07) is 16.4. The summed E-state index contributed by atoms with van der Waals surface area (Å²) in [7, 11) is -3.53. The van der Waals surface area contributed by atoms with Crippen LogP contribution in [0.25, 0.3) is 0 Å². The second-order valence-corrected chi connectivity index (χ2v) is 7.95. The average Bonchev–Trinajstić information content (AvgIpc) is 3.03. The molecule has 0 aliphatic carbocycles. The van der Waals surface area contributed by atoms with Gasteiger partial charge < -0.3 is 4.74 Å². The number of benzene rings is 2. The topological polar surface area (TPSA) is 67.4 Å². The molecule has 0 spiro atoms. The quantitative estimate of drug-likeness (QED) is 0.710. The number of hydrogen-bond acceptors (Lipinski definition) is 4. The molecule has 2 atom stereocenters. The van der Waals surface area contributed by atoms with Crippen molar-refractivity contribution in [3.05, 3.63) is 60.2 Å². The molecule has 2 aromatic carbocycles. The monoisotopic (exact) mass is 360 g/mol. The van der Waals surface area contributed by atoms with Crippen LogP contribution in [0.15, 0.2) is 59.5 Å². The summed E-state index contributed by atoms with van der Waals surface area (Å²) in [6.07, 6.45) is 2.14. The first-order chi connectivity index (χ1) is 12.1. The largest absolute Gasteiger partial charge is 0.488 e. The molecule has 25 heavy (non-hydrogen) atoms. The number of rotatable bonds is 8. The Labute approximate surface area is 149 Å². The minimum Gasteiger partial charge on any atom is -0.488 e. The van der Waals surface area contributed by atoms with Gasteiger partial charge in [-0.2, -0.15) is 4.72 Å². The van der Waals surface area contributed by atoms with Crippen LogP contribution in [-0.2, 0) is 16.4 Å². The molecule has 2 aromatic rings. The number of sulfonamides is 1. The first-order valence-corrected chi connectivity index (χ1v) is 10.1. The zero-order valence-electron chi connectivity index (χ0n) is 14.3. The second-order valence-electron chi connectivity index (χ2n) is 6.24. The van der Waals surface area contributed by atoms with Crippen LogP contribution in [0.3, 0.4) is 0 Å². The molecule has 2 N–H and O–H groups in total. The van der Waals surface area contributed by atoms with Crippen molar-refractivity contribution in [2.75, 3.05) is 6.54 Å². The Morgan fingerprint density at radius 1 is 1.12 bits per heavy atom. The van der Waals surface area contributed by atoms with Gasteiger partial charge in [0.1, 0.15) is 11.9 Å². The van der Waals surface area contributed by atoms with Gasteiger partial charge in [-0.3, -0.25) is 5.32 Å². The van der Waals surface area contributed by atoms with Gasteiger partial charge in [-0.15, -0.1) is 0 Å². The number of nitrogens with one attached hydrogen (secondary N) is 2. The fourth-order valence-corrected chi connectivity index (χ4v) is 4.22. The highest BCUT2D eigenvalue weighted by Gasteiger charge is 2.24. The summed E-state index contributed by atoms with van der Waals surface area (Å²) >= 11 is 0. The van der Waals surface area contributed by atoms with Crippen molar-refractivity contribution in [3.8, 4) is 5.75 Å². The van der Waals surface area contributed by atoms with E-state index in [2.05, 4.69) is 16.1 Å². The Kier molecular flexibility index (Phi) is 5.73. The molecule has 1 heterocycles. The second kappa shape index (κ2) is 7.99. The van der Waals surface area contributed by atoms with Gasteiger partial charge in [0.2, 0.25) is 10.0 Å². The highest BCUT2D eigenvalue weighted by atomic mass is 32.2. The van der Waals surface area contributed by atoms with Crippen LogP contribution in [0, 0.1) is 0 Å². The van der Waals surface area contributed by atoms with E-state index >= 15 is 0 Å². The SMILES string of the molecule is CCCC(NCC1Cc2ccccc2O1)NS(=O)(=O)c1ccccc1. The summed E-state index contributed by atoms with van der Waals surface area (Å²) < 4.78 is 33.7. The zero-order valence-corrected chi connectivity index (χ0v) is 15.1. The summed E-state index contributed by atoms with van der Waals surface area (Å²) in [6.45, 7) is 2.63. The fourth-order valence-electron chi connectivity index (χ4n) is 2.99. The van der Waals surface area contributed by atoms with Crippen molar-refractivity contribution >= 4 is 10.0 Å². The number of hydrogen-bond donors (Lipinski definition) is 2. The van der Waals surface area contributed by atoms with E-state index in [1.54, 1.807) is 30.3 Å². The van der Waals surface area contributed by atoms with Crippen LogP contribution in [0.1, 0.15) is 25.3 Å². The molecule has 0 radical (unpaired) electrons. The fraction of sp³-hybridized carbons (Fsp3) is 0.368. The van der Waals surface area contributed by atoms with Gasteiger partial charge in [-0.25, -0.2) is 8.42 Å². The molecule has 0 saturated carbocycles. The highest BCUT2D eigenvalue weighted by Crippen LogP contribution is 2.27. The van der Waals surface area contributed by atoms with Crippen molar-refractivity contribution in [3.63, 3.8) is 0 Å². The van der Waals surface area contributed by atoms with Crippen LogP contribution in [0.2, 0.25) is 0 Å². The Balaban J connectivity index is 1.59. The third kappa shape index (κ3) is 4.60. The smallest absolute Gasteiger partial charge is 0.241 e. The van der Waals surface area contributed by atoms with Crippen molar-refractivity contribution in [2.45, 2.75) is 43.4 Å². The Morgan fingerprint density at radius 2 is 1.84 bits per heavy atom. The summed E-state index contributed by atoms with van der Waals surface area (Å²) in [5.41, 5.74) is 1.20. The molecule has 3 rings (SSSR count). The van der Waals surface area contributed by atoms with Gasteiger partial charge in [0, 0.05) is 13.0 Å². The Bertz CT molecular complexity index is 768. The summed E-state index contributed by atoms with van der Waals surface area (Å²) in [4.78, 5) is 0.280. The molecule has 6 heteroatoms. The average molecular weight is 360 g/mol. The van der Waals surface area contributed by atoms with Crippen LogP contribution in [0.4, 0.5) is 0 Å². The van der Waals surface area contributed by atoms with Gasteiger partial charge in [0.15, 0.2) is 0 Å². The maximum Gasteiger partial charge on any atom is 0.241 e. The molecule has 0 fully saturated rings. The molecule has 0 amide bonds. The van der Waals surface area contributed by atoms with Gasteiger partial charge >= 0.3 is 0 Å². The molecule has 2 unspecified atom stereocenters. The minimum absolute atomic E-state index is 0.0259. The molecule has 0 aromatic heterocycles. The molecular formula is C19H24N2O3S. The summed E-state index contributed by atoms with van der Waals surface area (Å²) in [5.74, 6) is 0.922. The molecule has 134 valence electrons. The van der Waals surface area contributed by atoms with E-state index in [-0.39, 0.29) is 17.2 Å². The molecule has 5 nitrogen and oxygen atoms in total. The molecular weight excluding hydrogens is 336 g/mol. The van der Waals surface area contributed by atoms with Crippen LogP contribution >= 0.6 is 0 Å². The minimum atomic E-state index is -3.53. The van der Waals surface area contributed by atoms with Gasteiger partial charge in [0.05, 0.1) is 11.1 Å². The van der Waals surface area contributed by atoms with E-state index < -0.39 is 10.0 Å². The maximum absolute atomic E-state index is 12.5. The van der Waals surface area contributed by atoms with Crippen LogP contribution in [0.5, 0.6) is 5.75 Å². The predicted molar refractivity (Wildman–Crippen MR) is 98.0 cm³/mol. The molecule has 1 aliphatic rings. The Morgan fingerprint density at radius 3 is 2.56 bits per heavy atom. The third-order valence-corrected chi connectivity index (χ3v) is 5.72. The van der Waals surface area contributed by atoms with E-state index in [1.165, 1.54) is 5.56 Å². The van der Waals surface area contributed by atoms with E-state index in [1.807, 2.05) is 25.1 Å². The third-order valence-electron chi connectivity index (χ3n) is 4.23. The van der Waals surface area contributed by atoms with Gasteiger partial charge in [0.25, 0.3) is 0 Å². The first-order valence-electron chi connectivity index (χ1n) is 8.64. The van der Waals surface area contributed by atoms with Crippen molar-refractivity contribution in [2.24, 2.45) is 0 Å². The van der Waals surface area contributed by atoms with Crippen molar-refractivity contribution in [1.29, 1.82) is 0 Å². The normalized spacial score (nSPS) is 17.7. The predicted octanol–water partition coefficient (Wildman–Crippen LogP) is 2.68.